The Hall–Kier alpha value is -4.09. The van der Waals surface area contributed by atoms with Gasteiger partial charge in [0.1, 0.15) is 0 Å². The Labute approximate surface area is 273 Å². The molecule has 246 valence electrons. The zero-order valence-corrected chi connectivity index (χ0v) is 27.9. The lowest BCUT2D eigenvalue weighted by atomic mass is 9.92. The number of carbonyl (C=O) groups excluding carboxylic acids is 2. The molecule has 0 aromatic heterocycles. The first-order valence-corrected chi connectivity index (χ1v) is 16.6. The summed E-state index contributed by atoms with van der Waals surface area (Å²) in [5, 5.41) is 16.8. The van der Waals surface area contributed by atoms with Gasteiger partial charge < -0.3 is 20.5 Å². The normalized spacial score (nSPS) is 12.4. The van der Waals surface area contributed by atoms with E-state index in [9.17, 15) is 23.1 Å². The minimum atomic E-state index is -3.90. The molecule has 46 heavy (non-hydrogen) atoms. The molecule has 3 rings (SSSR count). The van der Waals surface area contributed by atoms with Crippen molar-refractivity contribution < 1.29 is 27.9 Å². The third-order valence-electron chi connectivity index (χ3n) is 7.46. The third-order valence-corrected chi connectivity index (χ3v) is 9.28. The second kappa shape index (κ2) is 16.5. The van der Waals surface area contributed by atoms with Crippen molar-refractivity contribution in [3.63, 3.8) is 0 Å². The second-order valence-corrected chi connectivity index (χ2v) is 13.7. The molecular formula is C36H45N3O6S. The van der Waals surface area contributed by atoms with Crippen LogP contribution in [0.5, 0.6) is 0 Å². The van der Waals surface area contributed by atoms with Gasteiger partial charge >= 0.3 is 5.97 Å². The van der Waals surface area contributed by atoms with Gasteiger partial charge in [0.05, 0.1) is 24.0 Å². The fraction of sp³-hybridized carbons (Fsp3) is 0.333. The first-order valence-electron chi connectivity index (χ1n) is 15.2. The van der Waals surface area contributed by atoms with Crippen LogP contribution in [0.3, 0.4) is 0 Å². The molecule has 9 nitrogen and oxygen atoms in total. The number of benzene rings is 3. The van der Waals surface area contributed by atoms with Crippen molar-refractivity contribution >= 4 is 34.1 Å². The van der Waals surface area contributed by atoms with Crippen LogP contribution in [-0.4, -0.2) is 74.6 Å². The summed E-state index contributed by atoms with van der Waals surface area (Å²) in [6.07, 6.45) is 3.43. The van der Waals surface area contributed by atoms with Crippen LogP contribution in [0.4, 0.5) is 0 Å². The number of hydrogen-bond acceptors (Lipinski definition) is 7. The largest absolute Gasteiger partial charge is 0.466 e. The Kier molecular flexibility index (Phi) is 13.0. The Morgan fingerprint density at radius 3 is 2.35 bits per heavy atom. The summed E-state index contributed by atoms with van der Waals surface area (Å²) < 4.78 is 32.9. The van der Waals surface area contributed by atoms with E-state index in [1.54, 1.807) is 61.5 Å². The van der Waals surface area contributed by atoms with E-state index in [1.807, 2.05) is 26.0 Å². The number of nitrogens with zero attached hydrogens (tertiary/aromatic N) is 1. The van der Waals surface area contributed by atoms with Gasteiger partial charge in [-0.3, -0.25) is 9.59 Å². The number of β-amino-alcohol motifs (C(OH)–C–C–N with tert-alkyl or cyclic N) is 1. The van der Waals surface area contributed by atoms with Crippen LogP contribution < -0.4 is 10.6 Å². The molecule has 3 aromatic carbocycles. The van der Waals surface area contributed by atoms with Crippen molar-refractivity contribution in [2.24, 2.45) is 0 Å². The van der Waals surface area contributed by atoms with E-state index >= 15 is 0 Å². The quantitative estimate of drug-likeness (QED) is 0.178. The summed E-state index contributed by atoms with van der Waals surface area (Å²) in [6.45, 7) is 14.1. The molecule has 1 atom stereocenters. The second-order valence-electron chi connectivity index (χ2n) is 11.7. The Morgan fingerprint density at radius 2 is 1.70 bits per heavy atom. The average molecular weight is 648 g/mol. The highest BCUT2D eigenvalue weighted by atomic mass is 32.2. The van der Waals surface area contributed by atoms with Crippen molar-refractivity contribution in [3.05, 3.63) is 102 Å². The number of aliphatic hydroxyl groups is 1. The molecule has 3 N–H and O–H groups in total. The molecule has 0 radical (unpaired) electrons. The van der Waals surface area contributed by atoms with Crippen molar-refractivity contribution in [2.45, 2.75) is 50.2 Å². The van der Waals surface area contributed by atoms with E-state index < -0.39 is 16.1 Å². The standard InChI is InChI=1S/C36H45N3O6S/c1-7-27-14-13-26(21-28(27)8-2)23-36(4,5)38-24-32(40)25-39(6)46(43,44)33-12-10-11-31(22-33)29-15-17-30(18-16-29)35(42)37-20-19-34(41)45-9-3/h7-8,10-18,21-22,32,38,40H,1-2,9,19-20,23-25H2,3-6H3,(H,37,42). The van der Waals surface area contributed by atoms with E-state index in [2.05, 4.69) is 29.9 Å². The summed E-state index contributed by atoms with van der Waals surface area (Å²) >= 11 is 0. The molecule has 0 saturated heterocycles. The van der Waals surface area contributed by atoms with Crippen LogP contribution >= 0.6 is 0 Å². The van der Waals surface area contributed by atoms with Gasteiger partial charge in [0.25, 0.3) is 5.91 Å². The van der Waals surface area contributed by atoms with E-state index in [-0.39, 0.29) is 55.0 Å². The molecule has 3 aromatic rings. The Morgan fingerprint density at radius 1 is 1.00 bits per heavy atom. The minimum absolute atomic E-state index is 0.0849. The maximum atomic E-state index is 13.4. The smallest absolute Gasteiger partial charge is 0.307 e. The molecule has 0 fully saturated rings. The number of esters is 1. The van der Waals surface area contributed by atoms with Crippen LogP contribution in [0.25, 0.3) is 23.3 Å². The van der Waals surface area contributed by atoms with Gasteiger partial charge in [0, 0.05) is 37.8 Å². The van der Waals surface area contributed by atoms with E-state index in [0.29, 0.717) is 17.5 Å². The van der Waals surface area contributed by atoms with Crippen LogP contribution in [0.2, 0.25) is 0 Å². The Balaban J connectivity index is 1.59. The van der Waals surface area contributed by atoms with E-state index in [4.69, 9.17) is 4.74 Å². The lowest BCUT2D eigenvalue weighted by molar-refractivity contribution is -0.142. The Bertz CT molecular complexity index is 1630. The highest BCUT2D eigenvalue weighted by molar-refractivity contribution is 7.89. The number of likely N-dealkylation sites (N-methyl/N-ethyl adjacent to an activating group) is 1. The summed E-state index contributed by atoms with van der Waals surface area (Å²) in [7, 11) is -2.45. The minimum Gasteiger partial charge on any atom is -0.466 e. The van der Waals surface area contributed by atoms with Crippen molar-refractivity contribution in [1.82, 2.24) is 14.9 Å². The van der Waals surface area contributed by atoms with Crippen molar-refractivity contribution in [1.29, 1.82) is 0 Å². The third kappa shape index (κ3) is 10.2. The predicted octanol–water partition coefficient (Wildman–Crippen LogP) is 4.91. The molecule has 1 amide bonds. The summed E-state index contributed by atoms with van der Waals surface area (Å²) in [6, 6.07) is 19.4. The number of hydrogen-bond donors (Lipinski definition) is 3. The van der Waals surface area contributed by atoms with Crippen LogP contribution in [-0.2, 0) is 26.0 Å². The first-order chi connectivity index (χ1) is 21.8. The van der Waals surface area contributed by atoms with E-state index in [1.165, 1.54) is 13.1 Å². The van der Waals surface area contributed by atoms with Crippen LogP contribution in [0, 0.1) is 0 Å². The average Bonchev–Trinajstić information content (AvgIpc) is 3.03. The molecule has 0 saturated carbocycles. The highest BCUT2D eigenvalue weighted by Crippen LogP contribution is 2.25. The summed E-state index contributed by atoms with van der Waals surface area (Å²) in [4.78, 5) is 24.0. The van der Waals surface area contributed by atoms with Crippen molar-refractivity contribution in [3.8, 4) is 11.1 Å². The van der Waals surface area contributed by atoms with Gasteiger partial charge in [-0.05, 0) is 79.3 Å². The highest BCUT2D eigenvalue weighted by Gasteiger charge is 2.25. The number of ether oxygens (including phenoxy) is 1. The molecule has 0 bridgehead atoms. The number of sulfonamides is 1. The monoisotopic (exact) mass is 647 g/mol. The summed E-state index contributed by atoms with van der Waals surface area (Å²) in [5.74, 6) is -0.701. The zero-order valence-electron chi connectivity index (χ0n) is 27.1. The van der Waals surface area contributed by atoms with Gasteiger partial charge in [0.2, 0.25) is 10.0 Å². The molecular weight excluding hydrogens is 602 g/mol. The predicted molar refractivity (Wildman–Crippen MR) is 184 cm³/mol. The molecule has 0 aliphatic rings. The zero-order chi connectivity index (χ0) is 33.9. The van der Waals surface area contributed by atoms with Gasteiger partial charge in [-0.15, -0.1) is 0 Å². The maximum absolute atomic E-state index is 13.4. The van der Waals surface area contributed by atoms with Crippen LogP contribution in [0.15, 0.2) is 84.8 Å². The van der Waals surface area contributed by atoms with Gasteiger partial charge in [-0.1, -0.05) is 67.8 Å². The molecule has 1 unspecified atom stereocenters. The van der Waals surface area contributed by atoms with Gasteiger partial charge in [-0.2, -0.15) is 4.31 Å². The molecule has 0 aliphatic carbocycles. The molecule has 10 heteroatoms. The first kappa shape index (κ1) is 36.4. The number of nitrogens with one attached hydrogen (secondary N) is 2. The van der Waals surface area contributed by atoms with Crippen molar-refractivity contribution in [2.75, 3.05) is 33.3 Å². The van der Waals surface area contributed by atoms with Gasteiger partial charge in [0.15, 0.2) is 0 Å². The number of aliphatic hydroxyl groups excluding tert-OH is 1. The molecule has 0 aliphatic heterocycles. The number of carbonyl (C=O) groups is 2. The molecule has 0 heterocycles. The lowest BCUT2D eigenvalue weighted by Gasteiger charge is -2.29. The number of amides is 1. The topological polar surface area (TPSA) is 125 Å². The number of rotatable bonds is 17. The maximum Gasteiger partial charge on any atom is 0.307 e. The summed E-state index contributed by atoms with van der Waals surface area (Å²) in [5.41, 5.74) is 4.56. The fourth-order valence-corrected chi connectivity index (χ4v) is 6.22. The van der Waals surface area contributed by atoms with Crippen LogP contribution in [0.1, 0.15) is 54.2 Å². The van der Waals surface area contributed by atoms with E-state index in [0.717, 1.165) is 26.6 Å². The lowest BCUT2D eigenvalue weighted by Crippen LogP contribution is -2.47. The fourth-order valence-electron chi connectivity index (χ4n) is 4.97. The van der Waals surface area contributed by atoms with Gasteiger partial charge in [-0.25, -0.2) is 8.42 Å². The molecule has 0 spiro atoms. The SMILES string of the molecule is C=Cc1ccc(CC(C)(C)NCC(O)CN(C)S(=O)(=O)c2cccc(-c3ccc(C(=O)NCCC(=O)OCC)cc3)c2)cc1C=C.